The fraction of sp³-hybridized carbons (Fsp3) is 0.701. The number of likely N-dealkylation sites (N-methyl/N-ethyl adjacent to an activating group) is 2. The summed E-state index contributed by atoms with van der Waals surface area (Å²) in [6, 6.07) is 37.0. The van der Waals surface area contributed by atoms with Gasteiger partial charge in [0.25, 0.3) is 15.6 Å². The monoisotopic (exact) mass is 1970 g/mol. The molecule has 2 atom stereocenters. The van der Waals surface area contributed by atoms with Crippen molar-refractivity contribution in [3.63, 3.8) is 0 Å². The molecule has 0 aliphatic carbocycles. The molecule has 2 aliphatic heterocycles. The van der Waals surface area contributed by atoms with Crippen molar-refractivity contribution >= 4 is 51.3 Å². The van der Waals surface area contributed by atoms with Crippen molar-refractivity contribution in [2.24, 2.45) is 0 Å². The topological polar surface area (TPSA) is 325 Å². The van der Waals surface area contributed by atoms with Crippen molar-refractivity contribution < 1.29 is 99.5 Å². The van der Waals surface area contributed by atoms with Crippen LogP contribution in [0.3, 0.4) is 0 Å². The summed E-state index contributed by atoms with van der Waals surface area (Å²) >= 11 is 0. The second-order valence-electron chi connectivity index (χ2n) is 39.9. The van der Waals surface area contributed by atoms with Crippen LogP contribution in [-0.4, -0.2) is 338 Å². The Hall–Kier alpha value is -6.72. The zero-order valence-corrected chi connectivity index (χ0v) is 87.5. The number of hydrogen-bond acceptors (Lipinski definition) is 24. The third-order valence-electron chi connectivity index (χ3n) is 25.3. The van der Waals surface area contributed by atoms with Crippen molar-refractivity contribution in [1.82, 2.24) is 39.2 Å². The Labute approximate surface area is 830 Å². The summed E-state index contributed by atoms with van der Waals surface area (Å²) in [5.74, 6) is 3.51. The summed E-state index contributed by atoms with van der Waals surface area (Å²) < 4.78 is 56.2. The van der Waals surface area contributed by atoms with Gasteiger partial charge >= 0.3 is 29.8 Å². The number of aryl methyl sites for hydroxylation is 3. The van der Waals surface area contributed by atoms with E-state index in [0.29, 0.717) is 140 Å². The molecule has 2 heterocycles. The number of quaternary nitrogens is 2. The van der Waals surface area contributed by atoms with Crippen molar-refractivity contribution in [1.29, 1.82) is 0 Å². The molecular weight excluding hydrogens is 1790 g/mol. The third-order valence-corrected chi connectivity index (χ3v) is 27.3. The van der Waals surface area contributed by atoms with Crippen LogP contribution in [0.1, 0.15) is 252 Å². The third kappa shape index (κ3) is 67.7. The van der Waals surface area contributed by atoms with Gasteiger partial charge < -0.3 is 66.5 Å². The standard InChI is InChI=1S/C61H94N5O9P.C46H84N5O10P/c1-55(67)50-63-41-39-62(40-42-64(51-60(68)72-53-58-29-22-19-23-30-58)45-46-65(44-43-63)52-61(69)73-54-59-31-24-20-25-32-59)38-27-33-57-36-34-56(35-37-57)28-21-17-15-13-11-9-7-5-6-8-10-12-14-16-18-26-48-74-76(70,71)75-49-47-66(2,3)4;1-51(2,3)36-38-61-62(58,59)60-37-19-17-15-13-11-9-7-5-4-6-8-10-12-14-16-18-21-42-23-25-43(26-24-42)22-20-27-47-28-30-48(39-44(52)53)32-34-50(41-46(56)57)35-33-49(31-29-47)40-45(54)55/h19-20,22-25,29-32,34-37H,5-18,21,26,28,38-54H2,1-4H3;23-26H,4-22,27-41H2,1-3H3,(H3-,52,53,54,55,56,57,58,59). The van der Waals surface area contributed by atoms with Crippen LogP contribution >= 0.6 is 15.6 Å². The first-order chi connectivity index (χ1) is 66.3. The highest BCUT2D eigenvalue weighted by molar-refractivity contribution is 7.46. The zero-order valence-electron chi connectivity index (χ0n) is 85.7. The van der Waals surface area contributed by atoms with E-state index in [1.54, 1.807) is 11.8 Å². The summed E-state index contributed by atoms with van der Waals surface area (Å²) in [7, 11) is 3.56. The molecule has 0 spiro atoms. The number of ether oxygens (including phenoxy) is 2. The number of carbonyl (C=O) groups is 6. The molecule has 780 valence electrons. The van der Waals surface area contributed by atoms with E-state index in [1.165, 1.54) is 184 Å². The zero-order chi connectivity index (χ0) is 100. The van der Waals surface area contributed by atoms with Gasteiger partial charge in [0.15, 0.2) is 0 Å². The lowest BCUT2D eigenvalue weighted by atomic mass is 10.0. The minimum absolute atomic E-state index is 0.0955. The summed E-state index contributed by atoms with van der Waals surface area (Å²) in [5.41, 5.74) is 6.88. The summed E-state index contributed by atoms with van der Waals surface area (Å²) in [4.78, 5) is 113. The Bertz CT molecular complexity index is 4010. The number of Topliss-reactive ketones (excluding diaryl/α,β-unsaturated/α-hetero) is 1. The fourth-order valence-electron chi connectivity index (χ4n) is 16.8. The molecule has 2 unspecified atom stereocenters. The molecule has 4 aromatic rings. The van der Waals surface area contributed by atoms with Crippen molar-refractivity contribution in [2.75, 3.05) is 239 Å². The van der Waals surface area contributed by atoms with Crippen molar-refractivity contribution in [2.45, 2.75) is 251 Å². The first-order valence-corrected chi connectivity index (χ1v) is 55.0. The highest BCUT2D eigenvalue weighted by Gasteiger charge is 2.25. The number of benzene rings is 4. The van der Waals surface area contributed by atoms with Crippen molar-refractivity contribution in [3.05, 3.63) is 143 Å². The van der Waals surface area contributed by atoms with Gasteiger partial charge in [0.05, 0.1) is 101 Å². The van der Waals surface area contributed by atoms with Crippen LogP contribution < -0.4 is 9.79 Å². The van der Waals surface area contributed by atoms with Crippen LogP contribution in [0.5, 0.6) is 0 Å². The van der Waals surface area contributed by atoms with E-state index in [-0.39, 0.29) is 90.1 Å². The maximum absolute atomic E-state index is 13.2. The Kier molecular flexibility index (Phi) is 65.5. The van der Waals surface area contributed by atoms with E-state index >= 15 is 0 Å². The Morgan fingerprint density at radius 1 is 0.312 bits per heavy atom. The number of carboxylic acid groups (broad SMARTS) is 3. The van der Waals surface area contributed by atoms with E-state index in [9.17, 15) is 63.0 Å². The van der Waals surface area contributed by atoms with Crippen molar-refractivity contribution in [3.8, 4) is 11.8 Å². The minimum Gasteiger partial charge on any atom is -0.756 e. The predicted octanol–water partition coefficient (Wildman–Crippen LogP) is 15.4. The molecule has 2 saturated heterocycles. The summed E-state index contributed by atoms with van der Waals surface area (Å²) in [5, 5.41) is 28.3. The smallest absolute Gasteiger partial charge is 0.320 e. The Morgan fingerprint density at radius 3 is 0.862 bits per heavy atom. The molecule has 3 N–H and O–H groups in total. The molecule has 31 heteroatoms. The van der Waals surface area contributed by atoms with Crippen LogP contribution in [-0.2, 0) is 97.9 Å². The molecule has 6 rings (SSSR count). The average Bonchev–Trinajstić information content (AvgIpc) is 0.889. The lowest BCUT2D eigenvalue weighted by molar-refractivity contribution is -0.870. The number of phosphoric ester groups is 2. The molecule has 2 fully saturated rings. The van der Waals surface area contributed by atoms with E-state index in [2.05, 4.69) is 84.9 Å². The number of ketones is 1. The number of esters is 2. The predicted molar refractivity (Wildman–Crippen MR) is 546 cm³/mol. The van der Waals surface area contributed by atoms with E-state index < -0.39 is 33.6 Å². The van der Waals surface area contributed by atoms with E-state index in [4.69, 9.17) is 27.6 Å². The van der Waals surface area contributed by atoms with E-state index in [1.807, 2.05) is 113 Å². The van der Waals surface area contributed by atoms with Gasteiger partial charge in [-0.15, -0.1) is 0 Å². The van der Waals surface area contributed by atoms with Gasteiger partial charge in [0.2, 0.25) is 0 Å². The van der Waals surface area contributed by atoms with Gasteiger partial charge in [0.1, 0.15) is 45.3 Å². The van der Waals surface area contributed by atoms with Gasteiger partial charge in [-0.1, -0.05) is 289 Å². The Balaban J connectivity index is 0.000000498. The molecule has 29 nitrogen and oxygen atoms in total. The maximum atomic E-state index is 13.2. The molecule has 0 bridgehead atoms. The number of carboxylic acids is 3. The maximum Gasteiger partial charge on any atom is 0.320 e. The fourth-order valence-corrected chi connectivity index (χ4v) is 18.3. The number of aliphatic carboxylic acids is 3. The largest absolute Gasteiger partial charge is 0.756 e. The number of hydrogen-bond donors (Lipinski definition) is 3. The van der Waals surface area contributed by atoms with Crippen LogP contribution in [0, 0.1) is 11.8 Å². The second kappa shape index (κ2) is 74.2. The molecule has 0 radical (unpaired) electrons. The molecule has 0 saturated carbocycles. The number of phosphoric acid groups is 2. The molecule has 0 aromatic heterocycles. The number of nitrogens with zero attached hydrogens (tertiary/aromatic N) is 10. The molecule has 0 amide bonds. The SMILES string of the molecule is CC(=O)CN1CCN(CC#Cc2ccc(CCCCCCCCCCCCCCCCCCOP(=O)([O-])OCC[N+](C)(C)C)cc2)CCN(CC(=O)OCc2ccccc2)CCN(CC(=O)OCc2ccccc2)CC1.C[N+](C)(C)CCOP(=O)([O-])OCCCCCCCCCCCCCCCCCCc1ccc(CCCN2CCN(CC(=O)O)CCN(CC(=O)O)CCN(CC(=O)O)CC2)cc1. The second-order valence-corrected chi connectivity index (χ2v) is 42.8. The molecule has 2 aliphatic rings. The van der Waals surface area contributed by atoms with Crippen LogP contribution in [0.2, 0.25) is 0 Å². The van der Waals surface area contributed by atoms with Gasteiger partial charge in [-0.3, -0.25) is 72.2 Å². The Morgan fingerprint density at radius 2 is 0.565 bits per heavy atom. The van der Waals surface area contributed by atoms with Gasteiger partial charge in [0, 0.05) is 110 Å². The van der Waals surface area contributed by atoms with Gasteiger partial charge in [-0.2, -0.15) is 0 Å². The first-order valence-electron chi connectivity index (χ1n) is 52.1. The molecular formula is C107H178N10O19P2. The first kappa shape index (κ1) is 122. The minimum atomic E-state index is -4.19. The van der Waals surface area contributed by atoms with Gasteiger partial charge in [-0.25, -0.2) is 0 Å². The normalized spacial score (nSPS) is 16.0. The number of unbranched alkanes of at least 4 members (excludes halogenated alkanes) is 30. The van der Waals surface area contributed by atoms with Crippen LogP contribution in [0.4, 0.5) is 0 Å². The summed E-state index contributed by atoms with van der Waals surface area (Å²) in [6.07, 6.45) is 43.3. The van der Waals surface area contributed by atoms with Crippen LogP contribution in [0.25, 0.3) is 0 Å². The van der Waals surface area contributed by atoms with Crippen LogP contribution in [0.15, 0.2) is 109 Å². The highest BCUT2D eigenvalue weighted by atomic mass is 31.2. The summed E-state index contributed by atoms with van der Waals surface area (Å²) in [6.45, 7) is 14.4. The lowest BCUT2D eigenvalue weighted by Crippen LogP contribution is -2.48. The van der Waals surface area contributed by atoms with E-state index in [0.717, 1.165) is 87.4 Å². The number of rotatable bonds is 69. The highest BCUT2D eigenvalue weighted by Crippen LogP contribution is 2.39. The molecule has 4 aromatic carbocycles. The average molecular weight is 1970 g/mol. The molecule has 138 heavy (non-hydrogen) atoms. The quantitative estimate of drug-likeness (QED) is 0.0122. The number of carbonyl (C=O) groups excluding carboxylic acids is 3. The van der Waals surface area contributed by atoms with Gasteiger partial charge in [-0.05, 0) is 105 Å². The lowest BCUT2D eigenvalue weighted by Gasteiger charge is -2.33.